The number of carbonyl (C=O) groups excluding carboxylic acids is 3. The number of nitrogens with zero attached hydrogens (tertiary/aromatic N) is 4. The summed E-state index contributed by atoms with van der Waals surface area (Å²) in [7, 11) is -3.42. The average Bonchev–Trinajstić information content (AvgIpc) is 3.27. The number of pyridine rings is 1. The Hall–Kier alpha value is -3.64. The highest BCUT2D eigenvalue weighted by Crippen LogP contribution is 2.40. The molecular weight excluding hydrogens is 570 g/mol. The number of β-lactam (4-membered cyclic amide) rings is 1. The highest BCUT2D eigenvalue weighted by atomic mass is 32.2. The zero-order valence-corrected chi connectivity index (χ0v) is 21.7. The number of oxime groups is 1. The van der Waals surface area contributed by atoms with Crippen LogP contribution in [-0.2, 0) is 35.6 Å². The van der Waals surface area contributed by atoms with Gasteiger partial charge in [-0.1, -0.05) is 5.16 Å². The van der Waals surface area contributed by atoms with Crippen molar-refractivity contribution in [1.29, 1.82) is 0 Å². The summed E-state index contributed by atoms with van der Waals surface area (Å²) in [6, 6.07) is 1.53. The van der Waals surface area contributed by atoms with E-state index in [0.29, 0.717) is 5.57 Å². The molecule has 1 saturated heterocycles. The Bertz CT molecular complexity index is 1460. The van der Waals surface area contributed by atoms with E-state index in [1.54, 1.807) is 4.57 Å². The van der Waals surface area contributed by atoms with Crippen molar-refractivity contribution in [1.82, 2.24) is 15.2 Å². The lowest BCUT2D eigenvalue weighted by Crippen LogP contribution is -2.71. The number of nitrogens with one attached hydrogen (secondary N) is 1. The molecule has 2 amide bonds. The van der Waals surface area contributed by atoms with E-state index in [1.165, 1.54) is 29.9 Å². The van der Waals surface area contributed by atoms with Gasteiger partial charge in [0.2, 0.25) is 0 Å². The summed E-state index contributed by atoms with van der Waals surface area (Å²) in [6.07, 6.45) is 3.97. The van der Waals surface area contributed by atoms with Crippen molar-refractivity contribution in [3.05, 3.63) is 46.9 Å². The monoisotopic (exact) mass is 588 g/mol. The number of carboxylic acids is 1. The van der Waals surface area contributed by atoms with Gasteiger partial charge in [0.25, 0.3) is 11.8 Å². The van der Waals surface area contributed by atoms with Crippen LogP contribution in [0.5, 0.6) is 0 Å². The number of carbonyl (C=O) groups is 3. The Balaban J connectivity index is 1.53. The first-order valence-electron chi connectivity index (χ1n) is 10.5. The quantitative estimate of drug-likeness (QED) is 0.150. The molecule has 38 heavy (non-hydrogen) atoms. The predicted octanol–water partition coefficient (Wildman–Crippen LogP) is -1.54. The van der Waals surface area contributed by atoms with Crippen LogP contribution < -0.4 is 20.7 Å². The number of amides is 2. The lowest BCUT2D eigenvalue weighted by atomic mass is 10.0. The Morgan fingerprint density at radius 2 is 2.08 bits per heavy atom. The molecule has 13 nitrogen and oxygen atoms in total. The number of alkyl halides is 2. The van der Waals surface area contributed by atoms with E-state index in [-0.39, 0.29) is 33.7 Å². The molecule has 1 fully saturated rings. The number of aromatic nitrogens is 2. The number of fused-ring (bicyclic) bond motifs is 1. The van der Waals surface area contributed by atoms with Gasteiger partial charge in [0.15, 0.2) is 39.6 Å². The second kappa shape index (κ2) is 10.6. The number of halogens is 2. The van der Waals surface area contributed by atoms with Crippen molar-refractivity contribution in [3.63, 3.8) is 0 Å². The minimum atomic E-state index is -3.42. The van der Waals surface area contributed by atoms with Crippen LogP contribution in [0.15, 0.2) is 51.2 Å². The van der Waals surface area contributed by atoms with Crippen LogP contribution in [0.3, 0.4) is 0 Å². The first-order valence-corrected chi connectivity index (χ1v) is 14.3. The number of sulfone groups is 1. The topological polar surface area (TPSA) is 188 Å². The third-order valence-electron chi connectivity index (χ3n) is 5.39. The van der Waals surface area contributed by atoms with Crippen molar-refractivity contribution in [3.8, 4) is 0 Å². The van der Waals surface area contributed by atoms with Crippen LogP contribution in [0.4, 0.5) is 13.9 Å². The van der Waals surface area contributed by atoms with Gasteiger partial charge in [-0.2, -0.15) is 8.78 Å². The number of hydrogen-bond acceptors (Lipinski definition) is 12. The molecule has 0 saturated carbocycles. The molecule has 202 valence electrons. The first-order chi connectivity index (χ1) is 17.9. The number of hydrogen-bond donors (Lipinski definition) is 2. The molecule has 4 heterocycles. The van der Waals surface area contributed by atoms with Crippen LogP contribution in [0.2, 0.25) is 0 Å². The molecule has 2 atom stereocenters. The fraction of sp³-hybridized carbons (Fsp3) is 0.300. The van der Waals surface area contributed by atoms with Crippen molar-refractivity contribution >= 4 is 61.6 Å². The van der Waals surface area contributed by atoms with Gasteiger partial charge in [-0.3, -0.25) is 14.5 Å². The largest absolute Gasteiger partial charge is 0.543 e. The summed E-state index contributed by atoms with van der Waals surface area (Å²) < 4.78 is 49.9. The van der Waals surface area contributed by atoms with Gasteiger partial charge < -0.3 is 25.8 Å². The maximum Gasteiger partial charge on any atom is 0.407 e. The maximum absolute atomic E-state index is 12.9. The number of rotatable bonds is 9. The molecular formula is C20H18F2N6O7S3. The van der Waals surface area contributed by atoms with Gasteiger partial charge in [0, 0.05) is 35.1 Å². The van der Waals surface area contributed by atoms with E-state index < -0.39 is 51.4 Å². The van der Waals surface area contributed by atoms with Crippen molar-refractivity contribution in [2.45, 2.75) is 29.5 Å². The minimum absolute atomic E-state index is 0.0287. The highest BCUT2D eigenvalue weighted by Gasteiger charge is 2.53. The number of nitrogens with two attached hydrogens (primary N) is 1. The van der Waals surface area contributed by atoms with E-state index in [9.17, 15) is 36.7 Å². The average molecular weight is 589 g/mol. The first kappa shape index (κ1) is 27.4. The smallest absolute Gasteiger partial charge is 0.407 e. The fourth-order valence-electron chi connectivity index (χ4n) is 3.71. The molecule has 18 heteroatoms. The van der Waals surface area contributed by atoms with Crippen LogP contribution in [0, 0.1) is 0 Å². The van der Waals surface area contributed by atoms with E-state index in [2.05, 4.69) is 20.3 Å². The van der Waals surface area contributed by atoms with Crippen LogP contribution >= 0.6 is 23.1 Å². The lowest BCUT2D eigenvalue weighted by molar-refractivity contribution is -0.689. The van der Waals surface area contributed by atoms with E-state index in [1.807, 2.05) is 0 Å². The van der Waals surface area contributed by atoms with Gasteiger partial charge in [-0.05, 0) is 0 Å². The Labute approximate surface area is 221 Å². The summed E-state index contributed by atoms with van der Waals surface area (Å²) >= 11 is 2.08. The molecule has 0 bridgehead atoms. The number of anilines is 1. The predicted molar refractivity (Wildman–Crippen MR) is 127 cm³/mol. The Morgan fingerprint density at radius 3 is 2.63 bits per heavy atom. The lowest BCUT2D eigenvalue weighted by Gasteiger charge is -2.50. The number of aliphatic carboxylic acids is 1. The molecule has 1 unspecified atom stereocenters. The Kier molecular flexibility index (Phi) is 7.65. The standard InChI is InChI=1S/C20H18F2N6O7S3/c1-38(33,34)10-2-4-27(5-3-10)6-9-7-36-17-13(16(30)28(17)14(9)18(31)32)25-15(29)12(26-35-19(21)22)11-8-37-20(23)24-11/h2-5,8,13,17,19H,6-7H2,1H3,(H3-,23,24,25,29,31,32)/t13?,17-/m1/s1. The van der Waals surface area contributed by atoms with E-state index in [4.69, 9.17) is 5.73 Å². The molecule has 2 aromatic heterocycles. The highest BCUT2D eigenvalue weighted by molar-refractivity contribution is 8.00. The molecule has 0 aliphatic carbocycles. The summed E-state index contributed by atoms with van der Waals surface area (Å²) in [5.41, 5.74) is 4.69. The molecule has 0 spiro atoms. The summed E-state index contributed by atoms with van der Waals surface area (Å²) in [5, 5.41) is 18.0. The number of thioether (sulfide) groups is 1. The summed E-state index contributed by atoms with van der Waals surface area (Å²) in [6.45, 7) is -3.29. The van der Waals surface area contributed by atoms with Crippen LogP contribution in [0.25, 0.3) is 0 Å². The molecule has 0 radical (unpaired) electrons. The van der Waals surface area contributed by atoms with E-state index in [0.717, 1.165) is 34.3 Å². The Morgan fingerprint density at radius 1 is 1.39 bits per heavy atom. The van der Waals surface area contributed by atoms with Gasteiger partial charge in [-0.15, -0.1) is 23.1 Å². The summed E-state index contributed by atoms with van der Waals surface area (Å²) in [4.78, 5) is 46.4. The third kappa shape index (κ3) is 5.60. The molecule has 0 aromatic carbocycles. The zero-order chi connectivity index (χ0) is 27.8. The van der Waals surface area contributed by atoms with Crippen molar-refractivity contribution in [2.75, 3.05) is 17.7 Å². The van der Waals surface area contributed by atoms with Gasteiger partial charge >= 0.3 is 6.61 Å². The van der Waals surface area contributed by atoms with Gasteiger partial charge in [-0.25, -0.2) is 18.0 Å². The molecule has 2 aliphatic heterocycles. The van der Waals surface area contributed by atoms with Gasteiger partial charge in [0.05, 0.1) is 16.6 Å². The number of nitrogen functional groups attached to an aromatic ring is 1. The summed E-state index contributed by atoms with van der Waals surface area (Å²) in [5.74, 6) is -3.29. The maximum atomic E-state index is 12.9. The minimum Gasteiger partial charge on any atom is -0.543 e. The molecule has 4 rings (SSSR count). The normalized spacial score (nSPS) is 19.7. The zero-order valence-electron chi connectivity index (χ0n) is 19.2. The second-order valence-electron chi connectivity index (χ2n) is 7.96. The second-order valence-corrected chi connectivity index (χ2v) is 12.0. The third-order valence-corrected chi connectivity index (χ3v) is 8.53. The number of carboxylic acid groups (broad SMARTS) is 1. The van der Waals surface area contributed by atoms with Gasteiger partial charge in [0.1, 0.15) is 17.1 Å². The molecule has 2 aliphatic rings. The molecule has 3 N–H and O–H groups in total. The number of thiazole rings is 1. The van der Waals surface area contributed by atoms with Crippen molar-refractivity contribution < 1.29 is 46.1 Å². The SMILES string of the molecule is CS(=O)(=O)c1cc[n+](CC2=C(C(=O)[O-])N3C(=O)C(NC(=O)C(=NOC(F)F)c4csc(N)n4)[C@H]3SC2)cc1. The van der Waals surface area contributed by atoms with Crippen LogP contribution in [-0.4, -0.2) is 71.8 Å². The molecule has 2 aromatic rings. The fourth-order valence-corrected chi connectivity index (χ4v) is 6.21. The van der Waals surface area contributed by atoms with Crippen molar-refractivity contribution in [2.24, 2.45) is 5.16 Å². The van der Waals surface area contributed by atoms with Crippen LogP contribution in [0.1, 0.15) is 5.69 Å². The van der Waals surface area contributed by atoms with E-state index >= 15 is 0 Å².